The van der Waals surface area contributed by atoms with E-state index in [-0.39, 0.29) is 0 Å². The summed E-state index contributed by atoms with van der Waals surface area (Å²) in [6.07, 6.45) is 10.9. The van der Waals surface area contributed by atoms with Crippen molar-refractivity contribution >= 4 is 39.4 Å². The summed E-state index contributed by atoms with van der Waals surface area (Å²) in [7, 11) is 1.83. The third-order valence-electron chi connectivity index (χ3n) is 9.20. The van der Waals surface area contributed by atoms with Gasteiger partial charge in [-0.05, 0) is 68.4 Å². The largest absolute Gasteiger partial charge is 0.383 e. The molecule has 4 heterocycles. The number of anilines is 1. The standard InChI is InChI=1S/C32H36ClN7O/c1-41-26-13-16-38(17-14-26)24-7-9-25(10-8-24)40-32-29(31(34)35-20-36-32)30(37-40)22-6-11-28-21(18-22)12-15-39(28)19-23-4-2-3-5-27(23)33/h2-6,11-12,15,18,20,24-26H,7-10,13-14,16-17,19H2,1H3,(H2,34,35,36). The normalized spacial score (nSPS) is 20.7. The number of halogens is 1. The second kappa shape index (κ2) is 11.1. The van der Waals surface area contributed by atoms with E-state index >= 15 is 0 Å². The zero-order chi connectivity index (χ0) is 27.9. The number of hydrogen-bond acceptors (Lipinski definition) is 6. The number of hydrogen-bond donors (Lipinski definition) is 1. The number of nitrogen functional groups attached to an aromatic ring is 1. The van der Waals surface area contributed by atoms with Gasteiger partial charge in [-0.1, -0.05) is 35.9 Å². The fourth-order valence-corrected chi connectivity index (χ4v) is 7.09. The maximum atomic E-state index is 6.46. The number of benzene rings is 2. The van der Waals surface area contributed by atoms with Crippen molar-refractivity contribution in [1.29, 1.82) is 0 Å². The van der Waals surface area contributed by atoms with E-state index in [2.05, 4.69) is 60.6 Å². The van der Waals surface area contributed by atoms with Crippen LogP contribution in [0.2, 0.25) is 5.02 Å². The van der Waals surface area contributed by atoms with Crippen LogP contribution in [0.15, 0.2) is 61.1 Å². The van der Waals surface area contributed by atoms with Crippen molar-refractivity contribution in [3.8, 4) is 11.3 Å². The van der Waals surface area contributed by atoms with Crippen molar-refractivity contribution in [2.24, 2.45) is 0 Å². The Morgan fingerprint density at radius 2 is 1.73 bits per heavy atom. The first kappa shape index (κ1) is 26.4. The Kier molecular flexibility index (Phi) is 7.15. The number of aromatic nitrogens is 5. The molecule has 8 nitrogen and oxygen atoms in total. The smallest absolute Gasteiger partial charge is 0.164 e. The number of likely N-dealkylation sites (tertiary alicyclic amines) is 1. The van der Waals surface area contributed by atoms with Crippen molar-refractivity contribution < 1.29 is 4.74 Å². The molecule has 0 bridgehead atoms. The summed E-state index contributed by atoms with van der Waals surface area (Å²) in [4.78, 5) is 11.7. The fourth-order valence-electron chi connectivity index (χ4n) is 6.89. The minimum Gasteiger partial charge on any atom is -0.383 e. The highest BCUT2D eigenvalue weighted by molar-refractivity contribution is 6.31. The van der Waals surface area contributed by atoms with Crippen molar-refractivity contribution in [3.05, 3.63) is 71.6 Å². The van der Waals surface area contributed by atoms with Gasteiger partial charge in [0.2, 0.25) is 0 Å². The molecule has 0 amide bonds. The first-order chi connectivity index (χ1) is 20.1. The van der Waals surface area contributed by atoms with E-state index in [0.717, 1.165) is 82.6 Å². The Bertz CT molecular complexity index is 1680. The zero-order valence-corrected chi connectivity index (χ0v) is 24.2. The van der Waals surface area contributed by atoms with Gasteiger partial charge in [0.05, 0.1) is 17.5 Å². The molecule has 7 rings (SSSR count). The molecule has 2 N–H and O–H groups in total. The van der Waals surface area contributed by atoms with Crippen LogP contribution in [0.3, 0.4) is 0 Å². The number of methoxy groups -OCH3 is 1. The molecule has 0 unspecified atom stereocenters. The predicted molar refractivity (Wildman–Crippen MR) is 164 cm³/mol. The molecular weight excluding hydrogens is 534 g/mol. The highest BCUT2D eigenvalue weighted by atomic mass is 35.5. The molecule has 1 aliphatic carbocycles. The molecule has 3 aromatic heterocycles. The first-order valence-electron chi connectivity index (χ1n) is 14.7. The van der Waals surface area contributed by atoms with Crippen LogP contribution in [0, 0.1) is 0 Å². The second-order valence-corrected chi connectivity index (χ2v) is 11.9. The van der Waals surface area contributed by atoms with Gasteiger partial charge in [0, 0.05) is 60.5 Å². The molecule has 5 aromatic rings. The first-order valence-corrected chi connectivity index (χ1v) is 15.0. The zero-order valence-electron chi connectivity index (χ0n) is 23.4. The lowest BCUT2D eigenvalue weighted by molar-refractivity contribution is 0.0182. The molecule has 9 heteroatoms. The number of ether oxygens (including phenoxy) is 1. The number of piperidine rings is 1. The Labute approximate surface area is 245 Å². The van der Waals surface area contributed by atoms with Gasteiger partial charge in [0.1, 0.15) is 17.8 Å². The van der Waals surface area contributed by atoms with Gasteiger partial charge >= 0.3 is 0 Å². The molecule has 212 valence electrons. The maximum Gasteiger partial charge on any atom is 0.164 e. The van der Waals surface area contributed by atoms with E-state index in [1.54, 1.807) is 6.33 Å². The summed E-state index contributed by atoms with van der Waals surface area (Å²) < 4.78 is 9.93. The molecule has 1 saturated carbocycles. The van der Waals surface area contributed by atoms with Crippen LogP contribution in [0.25, 0.3) is 33.2 Å². The fraction of sp³-hybridized carbons (Fsp3) is 0.406. The summed E-state index contributed by atoms with van der Waals surface area (Å²) in [5.74, 6) is 0.474. The van der Waals surface area contributed by atoms with Gasteiger partial charge in [-0.15, -0.1) is 0 Å². The average molecular weight is 570 g/mol. The van der Waals surface area contributed by atoms with Crippen molar-refractivity contribution in [3.63, 3.8) is 0 Å². The van der Waals surface area contributed by atoms with Crippen LogP contribution in [-0.4, -0.2) is 61.6 Å². The van der Waals surface area contributed by atoms with Gasteiger partial charge in [0.15, 0.2) is 5.65 Å². The summed E-state index contributed by atoms with van der Waals surface area (Å²) in [5, 5.41) is 7.94. The Morgan fingerprint density at radius 1 is 0.951 bits per heavy atom. The van der Waals surface area contributed by atoms with E-state index in [4.69, 9.17) is 27.2 Å². The highest BCUT2D eigenvalue weighted by Crippen LogP contribution is 2.38. The van der Waals surface area contributed by atoms with Crippen molar-refractivity contribution in [2.45, 2.75) is 63.3 Å². The van der Waals surface area contributed by atoms with E-state index in [1.807, 2.05) is 25.3 Å². The second-order valence-electron chi connectivity index (χ2n) is 11.5. The molecule has 2 aromatic carbocycles. The molecule has 1 saturated heterocycles. The lowest BCUT2D eigenvalue weighted by Crippen LogP contribution is -2.44. The summed E-state index contributed by atoms with van der Waals surface area (Å²) >= 11 is 6.44. The van der Waals surface area contributed by atoms with Crippen LogP contribution in [0.4, 0.5) is 5.82 Å². The minimum absolute atomic E-state index is 0.300. The van der Waals surface area contributed by atoms with Gasteiger partial charge < -0.3 is 19.9 Å². The van der Waals surface area contributed by atoms with E-state index in [1.165, 1.54) is 12.8 Å². The predicted octanol–water partition coefficient (Wildman–Crippen LogP) is 6.33. The van der Waals surface area contributed by atoms with Crippen LogP contribution in [0.5, 0.6) is 0 Å². The van der Waals surface area contributed by atoms with E-state index < -0.39 is 0 Å². The van der Waals surface area contributed by atoms with E-state index in [9.17, 15) is 0 Å². The topological polar surface area (TPSA) is 87.0 Å². The Morgan fingerprint density at radius 3 is 2.51 bits per heavy atom. The lowest BCUT2D eigenvalue weighted by Gasteiger charge is -2.40. The maximum absolute atomic E-state index is 6.46. The lowest BCUT2D eigenvalue weighted by atomic mass is 9.89. The molecule has 1 aliphatic heterocycles. The molecule has 0 atom stereocenters. The average Bonchev–Trinajstić information content (AvgIpc) is 3.60. The van der Waals surface area contributed by atoms with Crippen molar-refractivity contribution in [1.82, 2.24) is 29.2 Å². The minimum atomic E-state index is 0.300. The van der Waals surface area contributed by atoms with Gasteiger partial charge in [0.25, 0.3) is 0 Å². The Hall–Kier alpha value is -3.46. The third-order valence-corrected chi connectivity index (χ3v) is 9.57. The summed E-state index contributed by atoms with van der Waals surface area (Å²) in [6, 6.07) is 17.6. The molecule has 2 fully saturated rings. The van der Waals surface area contributed by atoms with Gasteiger partial charge in [-0.25, -0.2) is 14.6 Å². The Balaban J connectivity index is 1.16. The van der Waals surface area contributed by atoms with Crippen LogP contribution in [-0.2, 0) is 11.3 Å². The van der Waals surface area contributed by atoms with Crippen molar-refractivity contribution in [2.75, 3.05) is 25.9 Å². The quantitative estimate of drug-likeness (QED) is 0.257. The number of fused-ring (bicyclic) bond motifs is 2. The number of nitrogens with two attached hydrogens (primary N) is 1. The van der Waals surface area contributed by atoms with Crippen LogP contribution >= 0.6 is 11.6 Å². The highest BCUT2D eigenvalue weighted by Gasteiger charge is 2.31. The SMILES string of the molecule is COC1CCN(C2CCC(n3nc(-c4ccc5c(ccn5Cc5ccccc5Cl)c4)c4c(N)ncnc43)CC2)CC1. The summed E-state index contributed by atoms with van der Waals surface area (Å²) in [6.45, 7) is 2.98. The monoisotopic (exact) mass is 569 g/mol. The third kappa shape index (κ3) is 4.98. The van der Waals surface area contributed by atoms with Gasteiger partial charge in [-0.2, -0.15) is 5.10 Å². The van der Waals surface area contributed by atoms with Gasteiger partial charge in [-0.3, -0.25) is 0 Å². The molecule has 0 radical (unpaired) electrons. The molecule has 0 spiro atoms. The van der Waals surface area contributed by atoms with E-state index in [0.29, 0.717) is 30.6 Å². The van der Waals surface area contributed by atoms with Crippen LogP contribution < -0.4 is 5.73 Å². The van der Waals surface area contributed by atoms with Crippen LogP contribution in [0.1, 0.15) is 50.1 Å². The molecular formula is C32H36ClN7O. The number of rotatable bonds is 6. The molecule has 2 aliphatic rings. The summed E-state index contributed by atoms with van der Waals surface area (Å²) in [5.41, 5.74) is 11.4. The molecule has 41 heavy (non-hydrogen) atoms. The number of nitrogens with zero attached hydrogens (tertiary/aromatic N) is 6.